The molecule has 0 unspecified atom stereocenters. The first-order valence-electron chi connectivity index (χ1n) is 9.75. The van der Waals surface area contributed by atoms with Crippen LogP contribution in [0.1, 0.15) is 88.4 Å². The second-order valence-corrected chi connectivity index (χ2v) is 6.67. The summed E-state index contributed by atoms with van der Waals surface area (Å²) < 4.78 is 0. The Labute approximate surface area is 148 Å². The number of benzene rings is 1. The highest BCUT2D eigenvalue weighted by molar-refractivity contribution is 6.04. The van der Waals surface area contributed by atoms with Gasteiger partial charge in [-0.1, -0.05) is 95.0 Å². The van der Waals surface area contributed by atoms with E-state index in [2.05, 4.69) is 12.2 Å². The van der Waals surface area contributed by atoms with E-state index in [0.717, 1.165) is 17.8 Å². The van der Waals surface area contributed by atoms with Crippen molar-refractivity contribution in [1.82, 2.24) is 5.32 Å². The summed E-state index contributed by atoms with van der Waals surface area (Å²) in [5, 5.41) is 3.35. The molecule has 0 saturated heterocycles. The number of hydrogen-bond donors (Lipinski definition) is 1. The molecule has 0 saturated carbocycles. The summed E-state index contributed by atoms with van der Waals surface area (Å²) in [6, 6.07) is 9.43. The molecule has 134 valence electrons. The lowest BCUT2D eigenvalue weighted by atomic mass is 10.1. The Bertz CT molecular complexity index is 464. The van der Waals surface area contributed by atoms with Crippen LogP contribution in [0.4, 0.5) is 0 Å². The minimum Gasteiger partial charge on any atom is -0.388 e. The van der Waals surface area contributed by atoms with Gasteiger partial charge in [0.15, 0.2) is 5.78 Å². The molecule has 24 heavy (non-hydrogen) atoms. The second kappa shape index (κ2) is 13.8. The summed E-state index contributed by atoms with van der Waals surface area (Å²) >= 11 is 0. The van der Waals surface area contributed by atoms with Crippen LogP contribution in [0.15, 0.2) is 42.1 Å². The Balaban J connectivity index is 2.00. The highest BCUT2D eigenvalue weighted by Crippen LogP contribution is 2.10. The number of nitrogens with one attached hydrogen (secondary N) is 1. The van der Waals surface area contributed by atoms with Crippen molar-refractivity contribution in [3.63, 3.8) is 0 Å². The average molecular weight is 330 g/mol. The predicted octanol–water partition coefficient (Wildman–Crippen LogP) is 6.28. The van der Waals surface area contributed by atoms with Gasteiger partial charge in [0, 0.05) is 23.9 Å². The van der Waals surface area contributed by atoms with Gasteiger partial charge in [0.25, 0.3) is 0 Å². The first-order chi connectivity index (χ1) is 11.7. The molecular formula is C22H35NO. The molecule has 0 fully saturated rings. The summed E-state index contributed by atoms with van der Waals surface area (Å²) in [7, 11) is 0. The van der Waals surface area contributed by atoms with Crippen molar-refractivity contribution < 1.29 is 4.79 Å². The lowest BCUT2D eigenvalue weighted by Gasteiger charge is -2.06. The van der Waals surface area contributed by atoms with E-state index in [4.69, 9.17) is 0 Å². The SMILES string of the molecule is CCCCCCCCCCCCN/C(C)=C/C(=O)c1ccccc1. The number of hydrogen-bond acceptors (Lipinski definition) is 2. The van der Waals surface area contributed by atoms with Crippen LogP contribution in [0.5, 0.6) is 0 Å². The molecule has 2 heteroatoms. The number of rotatable bonds is 14. The normalized spacial score (nSPS) is 11.5. The topological polar surface area (TPSA) is 29.1 Å². The quantitative estimate of drug-likeness (QED) is 0.247. The molecule has 0 amide bonds. The molecule has 1 N–H and O–H groups in total. The van der Waals surface area contributed by atoms with Gasteiger partial charge < -0.3 is 5.32 Å². The van der Waals surface area contributed by atoms with Gasteiger partial charge in [0.2, 0.25) is 0 Å². The molecule has 0 radical (unpaired) electrons. The fourth-order valence-electron chi connectivity index (χ4n) is 2.83. The van der Waals surface area contributed by atoms with Crippen LogP contribution >= 0.6 is 0 Å². The third-order valence-electron chi connectivity index (χ3n) is 4.34. The van der Waals surface area contributed by atoms with Crippen LogP contribution in [-0.4, -0.2) is 12.3 Å². The molecule has 0 aromatic heterocycles. The van der Waals surface area contributed by atoms with Crippen LogP contribution in [0.25, 0.3) is 0 Å². The smallest absolute Gasteiger partial charge is 0.187 e. The molecule has 1 aromatic rings. The van der Waals surface area contributed by atoms with Crippen molar-refractivity contribution >= 4 is 5.78 Å². The van der Waals surface area contributed by atoms with Gasteiger partial charge in [0.05, 0.1) is 0 Å². The van der Waals surface area contributed by atoms with Gasteiger partial charge in [-0.2, -0.15) is 0 Å². The van der Waals surface area contributed by atoms with E-state index in [9.17, 15) is 4.79 Å². The number of carbonyl (C=O) groups is 1. The Morgan fingerprint density at radius 1 is 0.875 bits per heavy atom. The van der Waals surface area contributed by atoms with Crippen LogP contribution in [0.2, 0.25) is 0 Å². The van der Waals surface area contributed by atoms with Crippen molar-refractivity contribution in [3.8, 4) is 0 Å². The van der Waals surface area contributed by atoms with Crippen molar-refractivity contribution in [2.75, 3.05) is 6.54 Å². The molecule has 0 atom stereocenters. The Kier molecular flexibility index (Phi) is 11.8. The number of unbranched alkanes of at least 4 members (excludes halogenated alkanes) is 9. The summed E-state index contributed by atoms with van der Waals surface area (Å²) in [6.07, 6.45) is 15.2. The van der Waals surface area contributed by atoms with Gasteiger partial charge >= 0.3 is 0 Å². The zero-order valence-corrected chi connectivity index (χ0v) is 15.7. The molecule has 0 aliphatic heterocycles. The van der Waals surface area contributed by atoms with Crippen molar-refractivity contribution in [2.24, 2.45) is 0 Å². The van der Waals surface area contributed by atoms with Crippen LogP contribution < -0.4 is 5.32 Å². The Hall–Kier alpha value is -1.57. The summed E-state index contributed by atoms with van der Waals surface area (Å²) in [5.74, 6) is 0.0728. The minimum atomic E-state index is 0.0728. The summed E-state index contributed by atoms with van der Waals surface area (Å²) in [4.78, 5) is 12.0. The van der Waals surface area contributed by atoms with Gasteiger partial charge in [0.1, 0.15) is 0 Å². The Morgan fingerprint density at radius 3 is 2.00 bits per heavy atom. The van der Waals surface area contributed by atoms with E-state index in [1.165, 1.54) is 64.2 Å². The largest absolute Gasteiger partial charge is 0.388 e. The van der Waals surface area contributed by atoms with Crippen molar-refractivity contribution in [2.45, 2.75) is 78.1 Å². The van der Waals surface area contributed by atoms with Crippen LogP contribution in [0.3, 0.4) is 0 Å². The third-order valence-corrected chi connectivity index (χ3v) is 4.34. The van der Waals surface area contributed by atoms with Gasteiger partial charge in [-0.05, 0) is 13.3 Å². The standard InChI is InChI=1S/C22H35NO/c1-3-4-5-6-7-8-9-10-11-15-18-23-20(2)19-22(24)21-16-13-12-14-17-21/h12-14,16-17,19,23H,3-11,15,18H2,1-2H3/b20-19+. The van der Waals surface area contributed by atoms with Crippen LogP contribution in [-0.2, 0) is 0 Å². The molecular weight excluding hydrogens is 294 g/mol. The summed E-state index contributed by atoms with van der Waals surface area (Å²) in [6.45, 7) is 5.20. The van der Waals surface area contributed by atoms with E-state index >= 15 is 0 Å². The van der Waals surface area contributed by atoms with E-state index in [-0.39, 0.29) is 5.78 Å². The van der Waals surface area contributed by atoms with E-state index in [1.54, 1.807) is 6.08 Å². The lowest BCUT2D eigenvalue weighted by molar-refractivity contribution is 0.104. The summed E-state index contributed by atoms with van der Waals surface area (Å²) in [5.41, 5.74) is 1.71. The molecule has 0 bridgehead atoms. The zero-order valence-electron chi connectivity index (χ0n) is 15.7. The molecule has 0 heterocycles. The van der Waals surface area contributed by atoms with E-state index < -0.39 is 0 Å². The number of ketones is 1. The van der Waals surface area contributed by atoms with Gasteiger partial charge in [-0.25, -0.2) is 0 Å². The number of carbonyl (C=O) groups excluding carboxylic acids is 1. The van der Waals surface area contributed by atoms with E-state index in [0.29, 0.717) is 0 Å². The average Bonchev–Trinajstić information content (AvgIpc) is 2.60. The third kappa shape index (κ3) is 10.3. The first-order valence-corrected chi connectivity index (χ1v) is 9.75. The van der Waals surface area contributed by atoms with Crippen molar-refractivity contribution in [1.29, 1.82) is 0 Å². The molecule has 0 spiro atoms. The zero-order chi connectivity index (χ0) is 17.5. The predicted molar refractivity (Wildman–Crippen MR) is 104 cm³/mol. The molecule has 1 rings (SSSR count). The minimum absolute atomic E-state index is 0.0728. The van der Waals surface area contributed by atoms with Gasteiger partial charge in [-0.3, -0.25) is 4.79 Å². The molecule has 0 aliphatic rings. The molecule has 1 aromatic carbocycles. The maximum atomic E-state index is 12.0. The van der Waals surface area contributed by atoms with E-state index in [1.807, 2.05) is 37.3 Å². The highest BCUT2D eigenvalue weighted by atomic mass is 16.1. The Morgan fingerprint density at radius 2 is 1.42 bits per heavy atom. The first kappa shape index (κ1) is 20.5. The molecule has 0 aliphatic carbocycles. The fourth-order valence-corrected chi connectivity index (χ4v) is 2.83. The maximum absolute atomic E-state index is 12.0. The van der Waals surface area contributed by atoms with Crippen molar-refractivity contribution in [3.05, 3.63) is 47.7 Å². The second-order valence-electron chi connectivity index (χ2n) is 6.67. The number of allylic oxidation sites excluding steroid dienone is 2. The highest BCUT2D eigenvalue weighted by Gasteiger charge is 2.01. The fraction of sp³-hybridized carbons (Fsp3) is 0.591. The monoisotopic (exact) mass is 329 g/mol. The molecule has 2 nitrogen and oxygen atoms in total. The van der Waals surface area contributed by atoms with Crippen LogP contribution in [0, 0.1) is 0 Å². The van der Waals surface area contributed by atoms with Gasteiger partial charge in [-0.15, -0.1) is 0 Å². The lowest BCUT2D eigenvalue weighted by Crippen LogP contribution is -2.14. The maximum Gasteiger partial charge on any atom is 0.187 e.